The molecule has 20 atom stereocenters. The van der Waals surface area contributed by atoms with Gasteiger partial charge in [0, 0.05) is 96.9 Å². The Labute approximate surface area is 549 Å². The van der Waals surface area contributed by atoms with Crippen LogP contribution in [0, 0.1) is 0 Å². The molecule has 0 aromatic carbocycles. The average molecular weight is 1390 g/mol. The molecule has 0 aromatic heterocycles. The van der Waals surface area contributed by atoms with E-state index in [4.69, 9.17) is 104 Å². The van der Waals surface area contributed by atoms with Crippen molar-refractivity contribution in [2.24, 2.45) is 0 Å². The van der Waals surface area contributed by atoms with Crippen LogP contribution in [0.2, 0.25) is 0 Å². The number of rotatable bonds is 33. The molecule has 2 amide bonds. The molecule has 96 heavy (non-hydrogen) atoms. The summed E-state index contributed by atoms with van der Waals surface area (Å²) >= 11 is 0. The monoisotopic (exact) mass is 1380 g/mol. The Morgan fingerprint density at radius 3 is 0.750 bits per heavy atom. The molecule has 2 N–H and O–H groups in total. The van der Waals surface area contributed by atoms with E-state index in [0.717, 1.165) is 96.9 Å². The van der Waals surface area contributed by atoms with Crippen LogP contribution in [0.4, 0.5) is 0 Å². The number of hydrogen-bond acceptors (Lipinski definition) is 36. The van der Waals surface area contributed by atoms with Crippen LogP contribution in [-0.2, 0) is 171 Å². The quantitative estimate of drug-likeness (QED) is 0.0388. The second-order valence-corrected chi connectivity index (χ2v) is 21.6. The molecule has 4 rings (SSSR count). The normalized spacial score (nSPS) is 30.0. The van der Waals surface area contributed by atoms with Crippen molar-refractivity contribution in [1.82, 2.24) is 10.6 Å². The second-order valence-electron chi connectivity index (χ2n) is 21.6. The predicted molar refractivity (Wildman–Crippen MR) is 304 cm³/mol. The Morgan fingerprint density at radius 2 is 0.490 bits per heavy atom. The minimum absolute atomic E-state index is 0.104. The molecule has 38 nitrogen and oxygen atoms in total. The molecule has 0 unspecified atom stereocenters. The molecule has 0 aliphatic carbocycles. The topological polar surface area (TPSA) is 466 Å². The highest BCUT2D eigenvalue weighted by atomic mass is 16.8. The lowest BCUT2D eigenvalue weighted by atomic mass is 9.94. The zero-order valence-corrected chi connectivity index (χ0v) is 55.3. The van der Waals surface area contributed by atoms with Crippen LogP contribution in [0.3, 0.4) is 0 Å². The molecule has 0 spiro atoms. The van der Waals surface area contributed by atoms with Crippen molar-refractivity contribution >= 4 is 83.4 Å². The van der Waals surface area contributed by atoms with Gasteiger partial charge in [-0.15, -0.1) is 0 Å². The molecule has 542 valence electrons. The van der Waals surface area contributed by atoms with Gasteiger partial charge in [-0.3, -0.25) is 67.1 Å². The number of amides is 2. The van der Waals surface area contributed by atoms with Gasteiger partial charge in [0.25, 0.3) is 0 Å². The van der Waals surface area contributed by atoms with E-state index in [-0.39, 0.29) is 39.6 Å². The summed E-state index contributed by atoms with van der Waals surface area (Å²) in [5, 5.41) is 5.20. The zero-order valence-electron chi connectivity index (χ0n) is 55.3. The number of ether oxygens (including phenoxy) is 22. The van der Waals surface area contributed by atoms with Crippen molar-refractivity contribution < 1.29 is 171 Å². The summed E-state index contributed by atoms with van der Waals surface area (Å²) in [4.78, 5) is 175. The van der Waals surface area contributed by atoms with Crippen molar-refractivity contribution in [3.05, 3.63) is 0 Å². The fourth-order valence-electron chi connectivity index (χ4n) is 10.2. The Morgan fingerprint density at radius 1 is 0.260 bits per heavy atom. The molecule has 38 heteroatoms. The van der Waals surface area contributed by atoms with Crippen LogP contribution in [-0.4, -0.2) is 272 Å². The highest BCUT2D eigenvalue weighted by Gasteiger charge is 2.59. The maximum Gasteiger partial charge on any atom is 0.303 e. The number of carbonyl (C=O) groups excluding carboxylic acids is 14. The first-order valence-corrected chi connectivity index (χ1v) is 29.9. The fourth-order valence-corrected chi connectivity index (χ4v) is 10.2. The van der Waals surface area contributed by atoms with E-state index in [0.29, 0.717) is 0 Å². The van der Waals surface area contributed by atoms with E-state index in [1.165, 1.54) is 0 Å². The first kappa shape index (κ1) is 80.6. The van der Waals surface area contributed by atoms with Crippen molar-refractivity contribution in [2.75, 3.05) is 66.1 Å². The van der Waals surface area contributed by atoms with Crippen LogP contribution >= 0.6 is 0 Å². The third-order valence-corrected chi connectivity index (χ3v) is 13.4. The lowest BCUT2D eigenvalue weighted by Gasteiger charge is -2.49. The first-order chi connectivity index (χ1) is 45.1. The number of carbonyl (C=O) groups is 14. The third kappa shape index (κ3) is 26.6. The zero-order chi connectivity index (χ0) is 71.7. The maximum absolute atomic E-state index is 12.9. The molecule has 4 fully saturated rings. The molecule has 0 bridgehead atoms. The first-order valence-electron chi connectivity index (χ1n) is 29.9. The van der Waals surface area contributed by atoms with Crippen LogP contribution in [0.1, 0.15) is 96.9 Å². The van der Waals surface area contributed by atoms with Gasteiger partial charge in [0.1, 0.15) is 75.1 Å². The summed E-state index contributed by atoms with van der Waals surface area (Å²) in [5.74, 6) is -12.2. The highest BCUT2D eigenvalue weighted by molar-refractivity contribution is 5.75. The Kier molecular flexibility index (Phi) is 33.1. The predicted octanol–water partition coefficient (Wildman–Crippen LogP) is -2.56. The second kappa shape index (κ2) is 39.4. The van der Waals surface area contributed by atoms with Crippen LogP contribution in [0.5, 0.6) is 0 Å². The molecule has 4 saturated heterocycles. The summed E-state index contributed by atoms with van der Waals surface area (Å²) in [7, 11) is 0. The highest BCUT2D eigenvalue weighted by Crippen LogP contribution is 2.37. The lowest BCUT2D eigenvalue weighted by molar-refractivity contribution is -0.350. The molecule has 0 radical (unpaired) electrons. The average Bonchev–Trinajstić information content (AvgIpc) is 0.778. The SMILES string of the molecule is CC(=O)N[C@H]1[C@H](OCCOCCOCCO[C@H]2O[C@H](COC(C)=O)[C@@H](O[C@@H]3O[C@H](COC(C)=O)[C@H](OC(C)=O)[C@H](OC(C)=O)[C@H]3OC(C)=O)[C@H](OC(C)=O)[C@H]2NC(C)=O)O[C@H](COC(C)=O)[C@@H](O[C@@H]2O[C@H](COC(C)=O)[C@H](OC(C)=O)[C@H](OC(C)=O)[C@H]2OC(C)=O)[C@@H]1OC(C)=O. The summed E-state index contributed by atoms with van der Waals surface area (Å²) in [6.07, 6.45) is -29.6. The molecule has 4 aliphatic rings. The minimum atomic E-state index is -1.89. The molecule has 0 aromatic rings. The number of hydrogen-bond donors (Lipinski definition) is 2. The largest absolute Gasteiger partial charge is 0.463 e. The number of esters is 12. The third-order valence-electron chi connectivity index (χ3n) is 13.4. The van der Waals surface area contributed by atoms with Gasteiger partial charge in [-0.05, 0) is 0 Å². The molecule has 0 saturated carbocycles. The van der Waals surface area contributed by atoms with E-state index >= 15 is 0 Å². The Hall–Kier alpha value is -7.82. The summed E-state index contributed by atoms with van der Waals surface area (Å²) in [5.41, 5.74) is 0. The van der Waals surface area contributed by atoms with E-state index < -0.39 is 233 Å². The van der Waals surface area contributed by atoms with E-state index in [9.17, 15) is 67.1 Å². The lowest BCUT2D eigenvalue weighted by Crippen LogP contribution is -2.69. The van der Waals surface area contributed by atoms with Crippen LogP contribution < -0.4 is 10.6 Å². The minimum Gasteiger partial charge on any atom is -0.463 e. The fraction of sp³-hybridized carbons (Fsp3) is 0.759. The van der Waals surface area contributed by atoms with E-state index in [1.807, 2.05) is 0 Å². The smallest absolute Gasteiger partial charge is 0.303 e. The number of nitrogens with one attached hydrogen (secondary N) is 2. The van der Waals surface area contributed by atoms with Gasteiger partial charge >= 0.3 is 71.6 Å². The van der Waals surface area contributed by atoms with Gasteiger partial charge in [-0.25, -0.2) is 0 Å². The van der Waals surface area contributed by atoms with Crippen molar-refractivity contribution in [1.29, 1.82) is 0 Å². The van der Waals surface area contributed by atoms with E-state index in [2.05, 4.69) is 10.6 Å². The molecular weight excluding hydrogens is 1300 g/mol. The van der Waals surface area contributed by atoms with Gasteiger partial charge in [0.2, 0.25) is 11.8 Å². The van der Waals surface area contributed by atoms with Gasteiger partial charge in [-0.1, -0.05) is 0 Å². The van der Waals surface area contributed by atoms with Gasteiger partial charge in [-0.2, -0.15) is 0 Å². The van der Waals surface area contributed by atoms with Crippen LogP contribution in [0.15, 0.2) is 0 Å². The standard InChI is InChI=1S/C58H84N2O36/c1-25(61)59-43-49(85-33(9)69)45(95-57-53(89-37(13)73)51(87-35(11)71)47(83-31(7)67)41(93-57)23-81-29(5)65)39(21-79-27(3)63)91-55(43)77-19-17-75-15-16-76-18-20-78-56-44(60-26(2)62)50(86-34(10)70)46(40(92-56)22-80-28(4)64)96-58-54(90-38(14)74)52(88-36(12)72)48(84-32(8)68)42(94-58)24-82-30(6)66/h39-58H,15-24H2,1-14H3,(H,59,61)(H,60,62)/t39-,40-,41-,42-,43-,44-,45-,46-,47+,48+,49-,50-,51+,52+,53-,54-,55-,56+,57+,58+/m1/s1. The van der Waals surface area contributed by atoms with Gasteiger partial charge < -0.3 is 115 Å². The summed E-state index contributed by atoms with van der Waals surface area (Å²) < 4.78 is 127. The Bertz CT molecular complexity index is 2530. The van der Waals surface area contributed by atoms with Crippen molar-refractivity contribution in [3.8, 4) is 0 Å². The van der Waals surface area contributed by atoms with Gasteiger partial charge in [0.05, 0.1) is 39.6 Å². The Balaban J connectivity index is 1.52. The van der Waals surface area contributed by atoms with Crippen molar-refractivity contribution in [2.45, 2.75) is 220 Å². The van der Waals surface area contributed by atoms with Gasteiger partial charge in [0.15, 0.2) is 74.0 Å². The van der Waals surface area contributed by atoms with E-state index in [1.54, 1.807) is 0 Å². The maximum atomic E-state index is 12.9. The summed E-state index contributed by atoms with van der Waals surface area (Å²) in [6.45, 7) is 10.8. The van der Waals surface area contributed by atoms with Crippen molar-refractivity contribution in [3.63, 3.8) is 0 Å². The molecule has 4 heterocycles. The summed E-state index contributed by atoms with van der Waals surface area (Å²) in [6, 6.07) is -2.92. The van der Waals surface area contributed by atoms with Crippen LogP contribution in [0.25, 0.3) is 0 Å². The molecule has 4 aliphatic heterocycles. The molecular formula is C58H84N2O36.